The van der Waals surface area contributed by atoms with Crippen LogP contribution in [0.3, 0.4) is 0 Å². The van der Waals surface area contributed by atoms with E-state index in [2.05, 4.69) is 12.2 Å². The number of hydrogen-bond acceptors (Lipinski definition) is 4. The number of nitrogens with one attached hydrogen (secondary N) is 1. The van der Waals surface area contributed by atoms with Gasteiger partial charge in [-0.15, -0.1) is 11.3 Å². The van der Waals surface area contributed by atoms with Crippen molar-refractivity contribution < 1.29 is 9.59 Å². The summed E-state index contributed by atoms with van der Waals surface area (Å²) in [5.74, 6) is 0.133. The number of thiophene rings is 1. The molecule has 0 aromatic carbocycles. The van der Waals surface area contributed by atoms with Gasteiger partial charge in [0.1, 0.15) is 0 Å². The van der Waals surface area contributed by atoms with E-state index in [0.29, 0.717) is 25.9 Å². The zero-order valence-corrected chi connectivity index (χ0v) is 14.0. The lowest BCUT2D eigenvalue weighted by molar-refractivity contribution is -0.134. The van der Waals surface area contributed by atoms with E-state index >= 15 is 0 Å². The molecular formula is C16H25N3O2S. The molecule has 1 aromatic heterocycles. The first-order chi connectivity index (χ1) is 10.6. The van der Waals surface area contributed by atoms with Gasteiger partial charge < -0.3 is 16.0 Å². The standard InChI is InChI=1S/C16H25N3O2S/c1-12-5-6-14(22-12)10-16(21)19-9-3-2-4-13(19)11-18-15(20)7-8-17/h5-6,13H,2-4,7-11,17H2,1H3,(H,18,20). The Balaban J connectivity index is 1.90. The highest BCUT2D eigenvalue weighted by molar-refractivity contribution is 7.12. The van der Waals surface area contributed by atoms with Gasteiger partial charge in [0.15, 0.2) is 0 Å². The number of likely N-dealkylation sites (tertiary alicyclic amines) is 1. The van der Waals surface area contributed by atoms with E-state index in [-0.39, 0.29) is 17.9 Å². The monoisotopic (exact) mass is 323 g/mol. The highest BCUT2D eigenvalue weighted by Crippen LogP contribution is 2.21. The van der Waals surface area contributed by atoms with Gasteiger partial charge in [0, 0.05) is 41.9 Å². The van der Waals surface area contributed by atoms with E-state index in [1.807, 2.05) is 17.0 Å². The van der Waals surface area contributed by atoms with Crippen LogP contribution in [0, 0.1) is 6.92 Å². The van der Waals surface area contributed by atoms with E-state index < -0.39 is 0 Å². The number of piperidine rings is 1. The van der Waals surface area contributed by atoms with Crippen LogP contribution in [0.2, 0.25) is 0 Å². The minimum Gasteiger partial charge on any atom is -0.354 e. The molecule has 1 fully saturated rings. The number of nitrogens with zero attached hydrogens (tertiary/aromatic N) is 1. The minimum atomic E-state index is -0.0330. The Morgan fingerprint density at radius 1 is 1.41 bits per heavy atom. The molecule has 2 rings (SSSR count). The quantitative estimate of drug-likeness (QED) is 0.832. The highest BCUT2D eigenvalue weighted by Gasteiger charge is 2.27. The maximum absolute atomic E-state index is 12.6. The Kier molecular flexibility index (Phi) is 6.39. The summed E-state index contributed by atoms with van der Waals surface area (Å²) in [4.78, 5) is 28.4. The smallest absolute Gasteiger partial charge is 0.228 e. The molecule has 1 aromatic rings. The SMILES string of the molecule is Cc1ccc(CC(=O)N2CCCCC2CNC(=O)CCN)s1. The number of nitrogens with two attached hydrogens (primary N) is 1. The molecule has 1 saturated heterocycles. The maximum atomic E-state index is 12.6. The van der Waals surface area contributed by atoms with E-state index in [0.717, 1.165) is 30.7 Å². The summed E-state index contributed by atoms with van der Waals surface area (Å²) in [7, 11) is 0. The Morgan fingerprint density at radius 2 is 2.23 bits per heavy atom. The summed E-state index contributed by atoms with van der Waals surface area (Å²) < 4.78 is 0. The van der Waals surface area contributed by atoms with Gasteiger partial charge in [-0.25, -0.2) is 0 Å². The molecule has 1 aliphatic rings. The number of rotatable bonds is 6. The number of hydrogen-bond donors (Lipinski definition) is 2. The third-order valence-electron chi connectivity index (χ3n) is 3.98. The normalized spacial score (nSPS) is 18.3. The Hall–Kier alpha value is -1.40. The van der Waals surface area contributed by atoms with Crippen molar-refractivity contribution in [1.82, 2.24) is 10.2 Å². The van der Waals surface area contributed by atoms with Crippen molar-refractivity contribution in [2.75, 3.05) is 19.6 Å². The van der Waals surface area contributed by atoms with Crippen LogP contribution in [-0.2, 0) is 16.0 Å². The van der Waals surface area contributed by atoms with Gasteiger partial charge in [-0.05, 0) is 38.3 Å². The third-order valence-corrected chi connectivity index (χ3v) is 4.98. The molecule has 0 aliphatic carbocycles. The highest BCUT2D eigenvalue weighted by atomic mass is 32.1. The fourth-order valence-corrected chi connectivity index (χ4v) is 3.70. The number of carbonyl (C=O) groups excluding carboxylic acids is 2. The first-order valence-electron chi connectivity index (χ1n) is 7.91. The van der Waals surface area contributed by atoms with E-state index in [4.69, 9.17) is 5.73 Å². The van der Waals surface area contributed by atoms with Crippen LogP contribution >= 0.6 is 11.3 Å². The van der Waals surface area contributed by atoms with Crippen LogP contribution < -0.4 is 11.1 Å². The van der Waals surface area contributed by atoms with Crippen molar-refractivity contribution in [2.45, 2.75) is 45.1 Å². The van der Waals surface area contributed by atoms with Crippen LogP contribution in [0.5, 0.6) is 0 Å². The average molecular weight is 323 g/mol. The number of aryl methyl sites for hydroxylation is 1. The van der Waals surface area contributed by atoms with Gasteiger partial charge in [0.05, 0.1) is 6.42 Å². The first-order valence-corrected chi connectivity index (χ1v) is 8.73. The number of carbonyl (C=O) groups is 2. The lowest BCUT2D eigenvalue weighted by Gasteiger charge is -2.36. The van der Waals surface area contributed by atoms with Gasteiger partial charge in [-0.2, -0.15) is 0 Å². The predicted octanol–water partition coefficient (Wildman–Crippen LogP) is 1.45. The second-order valence-corrected chi connectivity index (χ2v) is 7.14. The summed E-state index contributed by atoms with van der Waals surface area (Å²) in [6.45, 7) is 3.74. The molecule has 6 heteroatoms. The molecular weight excluding hydrogens is 298 g/mol. The Labute approximate surface area is 135 Å². The molecule has 5 nitrogen and oxygen atoms in total. The molecule has 1 atom stereocenters. The third kappa shape index (κ3) is 4.81. The van der Waals surface area contributed by atoms with Crippen molar-refractivity contribution in [3.63, 3.8) is 0 Å². The molecule has 0 radical (unpaired) electrons. The lowest BCUT2D eigenvalue weighted by atomic mass is 10.0. The summed E-state index contributed by atoms with van der Waals surface area (Å²) >= 11 is 1.68. The van der Waals surface area contributed by atoms with Crippen LogP contribution in [0.4, 0.5) is 0 Å². The van der Waals surface area contributed by atoms with E-state index in [1.54, 1.807) is 11.3 Å². The molecule has 0 saturated carbocycles. The second-order valence-electron chi connectivity index (χ2n) is 5.77. The zero-order valence-electron chi connectivity index (χ0n) is 13.1. The fraction of sp³-hybridized carbons (Fsp3) is 0.625. The predicted molar refractivity (Wildman–Crippen MR) is 88.8 cm³/mol. The maximum Gasteiger partial charge on any atom is 0.228 e. The topological polar surface area (TPSA) is 75.4 Å². The van der Waals surface area contributed by atoms with Crippen molar-refractivity contribution in [2.24, 2.45) is 5.73 Å². The van der Waals surface area contributed by atoms with Gasteiger partial charge >= 0.3 is 0 Å². The van der Waals surface area contributed by atoms with Gasteiger partial charge in [-0.3, -0.25) is 9.59 Å². The van der Waals surface area contributed by atoms with Crippen LogP contribution in [0.25, 0.3) is 0 Å². The second kappa shape index (κ2) is 8.29. The molecule has 3 N–H and O–H groups in total. The van der Waals surface area contributed by atoms with Crippen LogP contribution in [-0.4, -0.2) is 42.4 Å². The summed E-state index contributed by atoms with van der Waals surface area (Å²) in [5.41, 5.74) is 5.38. The van der Waals surface area contributed by atoms with E-state index in [1.165, 1.54) is 4.88 Å². The van der Waals surface area contributed by atoms with Gasteiger partial charge in [-0.1, -0.05) is 0 Å². The molecule has 0 spiro atoms. The van der Waals surface area contributed by atoms with Crippen LogP contribution in [0.15, 0.2) is 12.1 Å². The summed E-state index contributed by atoms with van der Waals surface area (Å²) in [6, 6.07) is 4.19. The summed E-state index contributed by atoms with van der Waals surface area (Å²) in [5, 5.41) is 2.90. The largest absolute Gasteiger partial charge is 0.354 e. The molecule has 1 aliphatic heterocycles. The Morgan fingerprint density at radius 3 is 2.91 bits per heavy atom. The molecule has 1 unspecified atom stereocenters. The fourth-order valence-electron chi connectivity index (χ4n) is 2.82. The summed E-state index contributed by atoms with van der Waals surface area (Å²) in [6.07, 6.45) is 3.92. The van der Waals surface area contributed by atoms with Crippen molar-refractivity contribution in [3.8, 4) is 0 Å². The molecule has 2 amide bonds. The van der Waals surface area contributed by atoms with Crippen molar-refractivity contribution in [3.05, 3.63) is 21.9 Å². The Bertz CT molecular complexity index is 515. The lowest BCUT2D eigenvalue weighted by Crippen LogP contribution is -2.50. The average Bonchev–Trinajstić information content (AvgIpc) is 2.91. The molecule has 2 heterocycles. The first kappa shape index (κ1) is 17.0. The zero-order chi connectivity index (χ0) is 15.9. The minimum absolute atomic E-state index is 0.0330. The van der Waals surface area contributed by atoms with Crippen molar-refractivity contribution in [1.29, 1.82) is 0 Å². The molecule has 122 valence electrons. The number of amides is 2. The van der Waals surface area contributed by atoms with Crippen LogP contribution in [0.1, 0.15) is 35.4 Å². The van der Waals surface area contributed by atoms with E-state index in [9.17, 15) is 9.59 Å². The van der Waals surface area contributed by atoms with Crippen molar-refractivity contribution >= 4 is 23.2 Å². The van der Waals surface area contributed by atoms with Gasteiger partial charge in [0.25, 0.3) is 0 Å². The molecule has 0 bridgehead atoms. The van der Waals surface area contributed by atoms with Gasteiger partial charge in [0.2, 0.25) is 11.8 Å². The molecule has 22 heavy (non-hydrogen) atoms.